The third-order valence-electron chi connectivity index (χ3n) is 3.17. The smallest absolute Gasteiger partial charge is 0.165 e. The highest BCUT2D eigenvalue weighted by atomic mass is 19.1. The molecule has 1 aliphatic rings. The van der Waals surface area contributed by atoms with E-state index in [1.807, 2.05) is 0 Å². The van der Waals surface area contributed by atoms with Gasteiger partial charge in [0.15, 0.2) is 11.6 Å². The topological polar surface area (TPSA) is 40.5 Å². The number of hydrogen-bond donors (Lipinski definition) is 2. The van der Waals surface area contributed by atoms with Crippen molar-refractivity contribution in [1.82, 2.24) is 0 Å². The van der Waals surface area contributed by atoms with Gasteiger partial charge in [0, 0.05) is 5.41 Å². The highest BCUT2D eigenvalue weighted by molar-refractivity contribution is 5.34. The molecule has 0 heterocycles. The van der Waals surface area contributed by atoms with Gasteiger partial charge in [0.25, 0.3) is 0 Å². The molecule has 1 aromatic rings. The van der Waals surface area contributed by atoms with Crippen molar-refractivity contribution in [1.29, 1.82) is 0 Å². The summed E-state index contributed by atoms with van der Waals surface area (Å²) in [6.07, 6.45) is 2.87. The van der Waals surface area contributed by atoms with Gasteiger partial charge in [0.1, 0.15) is 0 Å². The molecule has 2 N–H and O–H groups in total. The van der Waals surface area contributed by atoms with Crippen LogP contribution < -0.4 is 0 Å². The summed E-state index contributed by atoms with van der Waals surface area (Å²) >= 11 is 0. The summed E-state index contributed by atoms with van der Waals surface area (Å²) in [7, 11) is 0. The Morgan fingerprint density at radius 3 is 2.50 bits per heavy atom. The molecule has 14 heavy (non-hydrogen) atoms. The number of aliphatic hydroxyl groups excluding tert-OH is 1. The van der Waals surface area contributed by atoms with E-state index >= 15 is 0 Å². The fraction of sp³-hybridized carbons (Fsp3) is 0.455. The summed E-state index contributed by atoms with van der Waals surface area (Å²) in [5, 5.41) is 18.3. The monoisotopic (exact) mass is 196 g/mol. The van der Waals surface area contributed by atoms with Crippen LogP contribution in [0.3, 0.4) is 0 Å². The fourth-order valence-corrected chi connectivity index (χ4v) is 1.98. The number of rotatable bonds is 2. The van der Waals surface area contributed by atoms with Crippen molar-refractivity contribution in [2.24, 2.45) is 0 Å². The van der Waals surface area contributed by atoms with Gasteiger partial charge in [-0.1, -0.05) is 12.5 Å². The van der Waals surface area contributed by atoms with Gasteiger partial charge in [-0.3, -0.25) is 0 Å². The zero-order valence-electron chi connectivity index (χ0n) is 7.83. The summed E-state index contributed by atoms with van der Waals surface area (Å²) in [5.74, 6) is -0.941. The van der Waals surface area contributed by atoms with E-state index in [1.165, 1.54) is 12.1 Å². The van der Waals surface area contributed by atoms with Crippen LogP contribution in [0, 0.1) is 5.82 Å². The summed E-state index contributed by atoms with van der Waals surface area (Å²) in [4.78, 5) is 0. The second-order valence-corrected chi connectivity index (χ2v) is 3.96. The van der Waals surface area contributed by atoms with E-state index in [2.05, 4.69) is 0 Å². The lowest BCUT2D eigenvalue weighted by molar-refractivity contribution is 0.120. The Balaban J connectivity index is 2.36. The Morgan fingerprint density at radius 2 is 2.07 bits per heavy atom. The first-order valence-corrected chi connectivity index (χ1v) is 4.78. The van der Waals surface area contributed by atoms with Gasteiger partial charge in [-0.2, -0.15) is 0 Å². The third-order valence-corrected chi connectivity index (χ3v) is 3.17. The standard InChI is InChI=1S/C11H13FO2/c12-9-6-8(2-3-10(9)14)11(7-13)4-1-5-11/h2-3,6,13-14H,1,4-5,7H2. The Labute approximate surface area is 82.0 Å². The molecule has 0 saturated heterocycles. The molecule has 76 valence electrons. The zero-order valence-corrected chi connectivity index (χ0v) is 7.83. The van der Waals surface area contributed by atoms with Crippen LogP contribution in [-0.4, -0.2) is 16.8 Å². The lowest BCUT2D eigenvalue weighted by Gasteiger charge is -2.40. The molecule has 1 fully saturated rings. The van der Waals surface area contributed by atoms with Crippen molar-refractivity contribution in [2.75, 3.05) is 6.61 Å². The Bertz CT molecular complexity index is 340. The van der Waals surface area contributed by atoms with Crippen molar-refractivity contribution in [3.8, 4) is 5.75 Å². The maximum absolute atomic E-state index is 13.1. The number of aromatic hydroxyl groups is 1. The van der Waals surface area contributed by atoms with E-state index in [0.29, 0.717) is 0 Å². The van der Waals surface area contributed by atoms with Crippen molar-refractivity contribution in [3.05, 3.63) is 29.6 Å². The van der Waals surface area contributed by atoms with Gasteiger partial charge >= 0.3 is 0 Å². The predicted octanol–water partition coefficient (Wildman–Crippen LogP) is 1.95. The van der Waals surface area contributed by atoms with Gasteiger partial charge in [-0.15, -0.1) is 0 Å². The number of phenols is 1. The molecular weight excluding hydrogens is 183 g/mol. The normalized spacial score (nSPS) is 19.0. The number of benzene rings is 1. The number of hydrogen-bond acceptors (Lipinski definition) is 2. The molecule has 0 unspecified atom stereocenters. The van der Waals surface area contributed by atoms with Crippen LogP contribution in [-0.2, 0) is 5.41 Å². The van der Waals surface area contributed by atoms with Crippen LogP contribution in [0.2, 0.25) is 0 Å². The molecule has 1 saturated carbocycles. The van der Waals surface area contributed by atoms with Gasteiger partial charge in [0.05, 0.1) is 6.61 Å². The van der Waals surface area contributed by atoms with Gasteiger partial charge < -0.3 is 10.2 Å². The first kappa shape index (κ1) is 9.46. The van der Waals surface area contributed by atoms with E-state index in [0.717, 1.165) is 24.8 Å². The van der Waals surface area contributed by atoms with Gasteiger partial charge in [-0.05, 0) is 30.5 Å². The highest BCUT2D eigenvalue weighted by Gasteiger charge is 2.38. The Kier molecular flexibility index (Phi) is 2.19. The molecule has 2 rings (SSSR count). The molecule has 0 atom stereocenters. The maximum Gasteiger partial charge on any atom is 0.165 e. The fourth-order valence-electron chi connectivity index (χ4n) is 1.98. The van der Waals surface area contributed by atoms with E-state index in [4.69, 9.17) is 5.11 Å². The first-order chi connectivity index (χ1) is 6.68. The van der Waals surface area contributed by atoms with Crippen LogP contribution >= 0.6 is 0 Å². The maximum atomic E-state index is 13.1. The minimum Gasteiger partial charge on any atom is -0.505 e. The summed E-state index contributed by atoms with van der Waals surface area (Å²) in [6, 6.07) is 4.36. The minimum absolute atomic E-state index is 0.0528. The van der Waals surface area contributed by atoms with Crippen molar-refractivity contribution in [2.45, 2.75) is 24.7 Å². The van der Waals surface area contributed by atoms with E-state index in [-0.39, 0.29) is 17.8 Å². The van der Waals surface area contributed by atoms with Crippen molar-refractivity contribution < 1.29 is 14.6 Å². The van der Waals surface area contributed by atoms with E-state index in [9.17, 15) is 9.50 Å². The molecule has 0 amide bonds. The molecule has 0 spiro atoms. The number of halogens is 1. The largest absolute Gasteiger partial charge is 0.505 e. The molecule has 0 aliphatic heterocycles. The Hall–Kier alpha value is -1.09. The van der Waals surface area contributed by atoms with E-state index < -0.39 is 5.82 Å². The molecule has 1 aromatic carbocycles. The summed E-state index contributed by atoms with van der Waals surface area (Å²) in [5.41, 5.74) is 0.538. The average molecular weight is 196 g/mol. The quantitative estimate of drug-likeness (QED) is 0.759. The molecule has 0 aromatic heterocycles. The zero-order chi connectivity index (χ0) is 10.2. The van der Waals surface area contributed by atoms with Gasteiger partial charge in [-0.25, -0.2) is 4.39 Å². The lowest BCUT2D eigenvalue weighted by Crippen LogP contribution is -2.37. The molecule has 1 aliphatic carbocycles. The van der Waals surface area contributed by atoms with Crippen LogP contribution in [0.15, 0.2) is 18.2 Å². The van der Waals surface area contributed by atoms with Gasteiger partial charge in [0.2, 0.25) is 0 Å². The van der Waals surface area contributed by atoms with Crippen LogP contribution in [0.4, 0.5) is 4.39 Å². The summed E-state index contributed by atoms with van der Waals surface area (Å²) in [6.45, 7) is 0.0528. The molecule has 2 nitrogen and oxygen atoms in total. The van der Waals surface area contributed by atoms with Crippen LogP contribution in [0.5, 0.6) is 5.75 Å². The number of phenolic OH excluding ortho intramolecular Hbond substituents is 1. The average Bonchev–Trinajstić information content (AvgIpc) is 2.10. The Morgan fingerprint density at radius 1 is 1.36 bits per heavy atom. The second kappa shape index (κ2) is 3.24. The highest BCUT2D eigenvalue weighted by Crippen LogP contribution is 2.43. The van der Waals surface area contributed by atoms with Crippen LogP contribution in [0.25, 0.3) is 0 Å². The minimum atomic E-state index is -0.609. The van der Waals surface area contributed by atoms with Crippen molar-refractivity contribution >= 4 is 0 Å². The first-order valence-electron chi connectivity index (χ1n) is 4.78. The summed E-state index contributed by atoms with van der Waals surface area (Å²) < 4.78 is 13.1. The number of aliphatic hydroxyl groups is 1. The third kappa shape index (κ3) is 1.28. The van der Waals surface area contributed by atoms with E-state index in [1.54, 1.807) is 6.07 Å². The molecule has 0 bridgehead atoms. The SMILES string of the molecule is OCC1(c2ccc(O)c(F)c2)CCC1. The molecular formula is C11H13FO2. The second-order valence-electron chi connectivity index (χ2n) is 3.96. The predicted molar refractivity (Wildman–Crippen MR) is 50.7 cm³/mol. The van der Waals surface area contributed by atoms with Crippen LogP contribution in [0.1, 0.15) is 24.8 Å². The molecule has 0 radical (unpaired) electrons. The lowest BCUT2D eigenvalue weighted by atomic mass is 9.65. The van der Waals surface area contributed by atoms with Crippen molar-refractivity contribution in [3.63, 3.8) is 0 Å². The molecule has 3 heteroatoms.